The molecule has 104 valence electrons. The Hall–Kier alpha value is -1.92. The Morgan fingerprint density at radius 2 is 1.85 bits per heavy atom. The molecule has 6 heteroatoms. The van der Waals surface area contributed by atoms with Crippen LogP contribution in [0.25, 0.3) is 0 Å². The number of rotatable bonds is 5. The monoisotopic (exact) mass is 288 g/mol. The fraction of sp³-hybridized carbons (Fsp3) is 0.214. The first kappa shape index (κ1) is 14.5. The van der Waals surface area contributed by atoms with Crippen LogP contribution in [0, 0.1) is 0 Å². The number of benzene rings is 1. The molecule has 1 aromatic heterocycles. The molecule has 2 aromatic rings. The van der Waals surface area contributed by atoms with Gasteiger partial charge in [0.05, 0.1) is 0 Å². The van der Waals surface area contributed by atoms with Gasteiger partial charge in [-0.05, 0) is 43.1 Å². The van der Waals surface area contributed by atoms with E-state index in [0.29, 0.717) is 5.16 Å². The van der Waals surface area contributed by atoms with Crippen LogP contribution in [-0.4, -0.2) is 22.9 Å². The summed E-state index contributed by atoms with van der Waals surface area (Å²) in [6.45, 7) is 2.25. The third-order valence-electron chi connectivity index (χ3n) is 2.45. The molecule has 0 saturated heterocycles. The number of nitrogens with one attached hydrogen (secondary N) is 2. The summed E-state index contributed by atoms with van der Waals surface area (Å²) in [4.78, 5) is 20.6. The molecule has 0 bridgehead atoms. The van der Waals surface area contributed by atoms with E-state index in [9.17, 15) is 4.79 Å². The van der Waals surface area contributed by atoms with Gasteiger partial charge in [-0.25, -0.2) is 9.97 Å². The summed E-state index contributed by atoms with van der Waals surface area (Å²) in [7, 11) is 1.89. The van der Waals surface area contributed by atoms with Crippen molar-refractivity contribution in [3.63, 3.8) is 0 Å². The van der Waals surface area contributed by atoms with Gasteiger partial charge in [0.15, 0.2) is 5.16 Å². The molecule has 1 heterocycles. The van der Waals surface area contributed by atoms with Crippen molar-refractivity contribution >= 4 is 23.4 Å². The largest absolute Gasteiger partial charge is 0.326 e. The lowest BCUT2D eigenvalue weighted by atomic mass is 10.3. The lowest BCUT2D eigenvalue weighted by molar-refractivity contribution is -0.114. The molecule has 0 radical (unpaired) electrons. The number of carbonyl (C=O) groups excluding carboxylic acids is 1. The van der Waals surface area contributed by atoms with Gasteiger partial charge in [0.25, 0.3) is 0 Å². The van der Waals surface area contributed by atoms with Gasteiger partial charge in [-0.3, -0.25) is 4.79 Å². The molecule has 0 unspecified atom stereocenters. The number of nitrogens with zero attached hydrogens (tertiary/aromatic N) is 2. The van der Waals surface area contributed by atoms with E-state index in [2.05, 4.69) is 20.6 Å². The fourth-order valence-electron chi connectivity index (χ4n) is 1.61. The quantitative estimate of drug-likeness (QED) is 0.826. The predicted octanol–water partition coefficient (Wildman–Crippen LogP) is 2.31. The second kappa shape index (κ2) is 7.02. The van der Waals surface area contributed by atoms with Crippen LogP contribution in [0.2, 0.25) is 0 Å². The summed E-state index contributed by atoms with van der Waals surface area (Å²) >= 11 is 1.49. The zero-order valence-electron chi connectivity index (χ0n) is 11.4. The van der Waals surface area contributed by atoms with Crippen molar-refractivity contribution in [3.05, 3.63) is 42.2 Å². The lowest BCUT2D eigenvalue weighted by Crippen LogP contribution is -2.06. The topological polar surface area (TPSA) is 66.9 Å². The van der Waals surface area contributed by atoms with E-state index in [4.69, 9.17) is 0 Å². The highest BCUT2D eigenvalue weighted by atomic mass is 32.2. The second-order valence-electron chi connectivity index (χ2n) is 4.21. The SMILES string of the molecule is CNCc1cnc(Sc2ccc(NC(C)=O)cc2)nc1. The molecule has 0 saturated carbocycles. The molecule has 2 rings (SSSR count). The van der Waals surface area contributed by atoms with Crippen molar-refractivity contribution < 1.29 is 4.79 Å². The van der Waals surface area contributed by atoms with Crippen LogP contribution < -0.4 is 10.6 Å². The number of amides is 1. The third kappa shape index (κ3) is 4.32. The van der Waals surface area contributed by atoms with Crippen LogP contribution in [0.3, 0.4) is 0 Å². The summed E-state index contributed by atoms with van der Waals surface area (Å²) in [5, 5.41) is 6.49. The standard InChI is InChI=1S/C14H16N4OS/c1-10(19)18-12-3-5-13(6-4-12)20-14-16-8-11(7-15-2)9-17-14/h3-6,8-9,15H,7H2,1-2H3,(H,18,19). The van der Waals surface area contributed by atoms with E-state index in [1.165, 1.54) is 18.7 Å². The Kier molecular flexibility index (Phi) is 5.09. The van der Waals surface area contributed by atoms with Crippen molar-refractivity contribution in [2.75, 3.05) is 12.4 Å². The summed E-state index contributed by atoms with van der Waals surface area (Å²) in [6.07, 6.45) is 3.63. The van der Waals surface area contributed by atoms with Crippen molar-refractivity contribution in [3.8, 4) is 0 Å². The predicted molar refractivity (Wildman–Crippen MR) is 79.7 cm³/mol. The van der Waals surface area contributed by atoms with Gasteiger partial charge in [-0.15, -0.1) is 0 Å². The summed E-state index contributed by atoms with van der Waals surface area (Å²) in [5.74, 6) is -0.0751. The lowest BCUT2D eigenvalue weighted by Gasteiger charge is -2.04. The van der Waals surface area contributed by atoms with Crippen molar-refractivity contribution in [1.82, 2.24) is 15.3 Å². The van der Waals surface area contributed by atoms with E-state index < -0.39 is 0 Å². The second-order valence-corrected chi connectivity index (χ2v) is 5.25. The average molecular weight is 288 g/mol. The van der Waals surface area contributed by atoms with Gasteiger partial charge in [0.1, 0.15) is 0 Å². The maximum atomic E-state index is 10.9. The molecule has 0 atom stereocenters. The van der Waals surface area contributed by atoms with Crippen molar-refractivity contribution in [2.24, 2.45) is 0 Å². The molecule has 1 aromatic carbocycles. The zero-order valence-corrected chi connectivity index (χ0v) is 12.2. The van der Waals surface area contributed by atoms with Gasteiger partial charge in [-0.2, -0.15) is 0 Å². The molecule has 0 fully saturated rings. The first-order valence-corrected chi connectivity index (χ1v) is 7.00. The number of hydrogen-bond donors (Lipinski definition) is 2. The number of carbonyl (C=O) groups is 1. The molecule has 0 aliphatic carbocycles. The van der Waals surface area contributed by atoms with Crippen LogP contribution in [0.5, 0.6) is 0 Å². The smallest absolute Gasteiger partial charge is 0.221 e. The Morgan fingerprint density at radius 1 is 1.20 bits per heavy atom. The fourth-order valence-corrected chi connectivity index (χ4v) is 2.30. The van der Waals surface area contributed by atoms with E-state index >= 15 is 0 Å². The summed E-state index contributed by atoms with van der Waals surface area (Å²) in [6, 6.07) is 7.58. The van der Waals surface area contributed by atoms with E-state index in [1.54, 1.807) is 0 Å². The average Bonchev–Trinajstić information content (AvgIpc) is 2.43. The highest BCUT2D eigenvalue weighted by Gasteiger charge is 2.02. The van der Waals surface area contributed by atoms with Crippen LogP contribution in [0.15, 0.2) is 46.7 Å². The first-order valence-electron chi connectivity index (χ1n) is 6.18. The van der Waals surface area contributed by atoms with Crippen molar-refractivity contribution in [1.29, 1.82) is 0 Å². The van der Waals surface area contributed by atoms with Crippen LogP contribution in [0.1, 0.15) is 12.5 Å². The Labute approximate surface area is 122 Å². The van der Waals surface area contributed by atoms with Crippen LogP contribution in [-0.2, 0) is 11.3 Å². The number of anilines is 1. The van der Waals surface area contributed by atoms with Gasteiger partial charge >= 0.3 is 0 Å². The van der Waals surface area contributed by atoms with Crippen LogP contribution >= 0.6 is 11.8 Å². The maximum absolute atomic E-state index is 10.9. The highest BCUT2D eigenvalue weighted by molar-refractivity contribution is 7.99. The summed E-state index contributed by atoms with van der Waals surface area (Å²) < 4.78 is 0. The number of hydrogen-bond acceptors (Lipinski definition) is 5. The molecule has 0 aliphatic rings. The molecule has 5 nitrogen and oxygen atoms in total. The highest BCUT2D eigenvalue weighted by Crippen LogP contribution is 2.25. The molecule has 1 amide bonds. The number of aromatic nitrogens is 2. The third-order valence-corrected chi connectivity index (χ3v) is 3.35. The Bertz CT molecular complexity index is 569. The Balaban J connectivity index is 2.00. The van der Waals surface area contributed by atoms with E-state index in [1.807, 2.05) is 43.7 Å². The minimum absolute atomic E-state index is 0.0751. The minimum Gasteiger partial charge on any atom is -0.326 e. The van der Waals surface area contributed by atoms with Gasteiger partial charge < -0.3 is 10.6 Å². The van der Waals surface area contributed by atoms with E-state index in [0.717, 1.165) is 22.7 Å². The van der Waals surface area contributed by atoms with Gasteiger partial charge in [0.2, 0.25) is 5.91 Å². The zero-order chi connectivity index (χ0) is 14.4. The van der Waals surface area contributed by atoms with Crippen molar-refractivity contribution in [2.45, 2.75) is 23.5 Å². The van der Waals surface area contributed by atoms with E-state index in [-0.39, 0.29) is 5.91 Å². The van der Waals surface area contributed by atoms with Gasteiger partial charge in [-0.1, -0.05) is 0 Å². The molecule has 2 N–H and O–H groups in total. The molecule has 20 heavy (non-hydrogen) atoms. The van der Waals surface area contributed by atoms with Crippen LogP contribution in [0.4, 0.5) is 5.69 Å². The molecule has 0 spiro atoms. The molecule has 0 aliphatic heterocycles. The summed E-state index contributed by atoms with van der Waals surface area (Å²) in [5.41, 5.74) is 1.84. The van der Waals surface area contributed by atoms with Gasteiger partial charge in [0, 0.05) is 42.0 Å². The molecular formula is C14H16N4OS. The maximum Gasteiger partial charge on any atom is 0.221 e. The minimum atomic E-state index is -0.0751. The Morgan fingerprint density at radius 3 is 2.40 bits per heavy atom. The molecular weight excluding hydrogens is 272 g/mol. The first-order chi connectivity index (χ1) is 9.67. The normalized spacial score (nSPS) is 10.3.